The number of phosphoric ester groups is 1. The van der Waals surface area contributed by atoms with Crippen molar-refractivity contribution in [3.63, 3.8) is 0 Å². The van der Waals surface area contributed by atoms with E-state index in [2.05, 4.69) is 10.6 Å². The van der Waals surface area contributed by atoms with Crippen LogP contribution in [0.3, 0.4) is 0 Å². The molecule has 6 amide bonds. The van der Waals surface area contributed by atoms with Gasteiger partial charge in [-0.2, -0.15) is 0 Å². The third-order valence-electron chi connectivity index (χ3n) is 8.87. The van der Waals surface area contributed by atoms with E-state index in [1.165, 1.54) is 23.6 Å². The van der Waals surface area contributed by atoms with Gasteiger partial charge in [-0.15, -0.1) is 0 Å². The average molecular weight is 548 g/mol. The predicted molar refractivity (Wildman–Crippen MR) is 115 cm³/mol. The summed E-state index contributed by atoms with van der Waals surface area (Å²) in [5, 5.41) is 24.9. The molecule has 37 heavy (non-hydrogen) atoms. The van der Waals surface area contributed by atoms with Crippen LogP contribution in [0.2, 0.25) is 0 Å². The Morgan fingerprint density at radius 1 is 0.946 bits per heavy atom. The van der Waals surface area contributed by atoms with Crippen molar-refractivity contribution in [3.05, 3.63) is 0 Å². The van der Waals surface area contributed by atoms with Crippen molar-refractivity contribution >= 4 is 31.7 Å². The highest BCUT2D eigenvalue weighted by molar-refractivity contribution is 7.47. The van der Waals surface area contributed by atoms with Crippen LogP contribution in [0.1, 0.15) is 26.7 Å². The number of fused-ring (bicyclic) bond motifs is 7. The topological polar surface area (TPSA) is 213 Å². The lowest BCUT2D eigenvalue weighted by Gasteiger charge is -2.72. The normalized spacial score (nSPS) is 51.2. The van der Waals surface area contributed by atoms with Crippen molar-refractivity contribution in [2.24, 2.45) is 10.8 Å². The van der Waals surface area contributed by atoms with E-state index in [4.69, 9.17) is 18.5 Å². The maximum Gasteiger partial charge on any atom is 0.472 e. The maximum absolute atomic E-state index is 13.2. The number of imide groups is 2. The zero-order valence-electron chi connectivity index (χ0n) is 19.8. The van der Waals surface area contributed by atoms with E-state index >= 15 is 0 Å². The van der Waals surface area contributed by atoms with Crippen LogP contribution < -0.4 is 10.6 Å². The van der Waals surface area contributed by atoms with Gasteiger partial charge in [0.15, 0.2) is 0 Å². The van der Waals surface area contributed by atoms with Gasteiger partial charge in [-0.3, -0.25) is 39.1 Å². The smallest absolute Gasteiger partial charge is 0.394 e. The summed E-state index contributed by atoms with van der Waals surface area (Å²) in [6.45, 7) is 1.84. The Labute approximate surface area is 209 Å². The maximum atomic E-state index is 13.2. The fourth-order valence-electron chi connectivity index (χ4n) is 6.76. The molecule has 1 aliphatic carbocycles. The lowest BCUT2D eigenvalue weighted by atomic mass is 9.47. The summed E-state index contributed by atoms with van der Waals surface area (Å²) in [5.41, 5.74) is -3.02. The van der Waals surface area contributed by atoms with Gasteiger partial charge in [-0.25, -0.2) is 14.2 Å². The van der Waals surface area contributed by atoms with Gasteiger partial charge >= 0.3 is 19.9 Å². The fraction of sp³-hybridized carbons (Fsp3) is 0.800. The van der Waals surface area contributed by atoms with Crippen LogP contribution in [-0.2, 0) is 32.7 Å². The molecule has 0 aromatic heterocycles. The van der Waals surface area contributed by atoms with Gasteiger partial charge < -0.3 is 24.6 Å². The van der Waals surface area contributed by atoms with Gasteiger partial charge in [-0.1, -0.05) is 0 Å². The molecule has 4 bridgehead atoms. The molecule has 11 atom stereocenters. The number of carbonyl (C=O) groups is 4. The number of hydrogen-bond acceptors (Lipinski definition) is 11. The molecule has 3 unspecified atom stereocenters. The lowest BCUT2D eigenvalue weighted by molar-refractivity contribution is -0.242. The third-order valence-corrected chi connectivity index (χ3v) is 9.88. The Hall–Kier alpha value is -2.17. The van der Waals surface area contributed by atoms with Gasteiger partial charge in [0.05, 0.1) is 42.2 Å². The van der Waals surface area contributed by atoms with Crippen LogP contribution in [-0.4, -0.2) is 111 Å². The van der Waals surface area contributed by atoms with Crippen LogP contribution in [0, 0.1) is 10.8 Å². The van der Waals surface area contributed by atoms with Gasteiger partial charge in [-0.05, 0) is 13.8 Å². The van der Waals surface area contributed by atoms with Gasteiger partial charge in [0, 0.05) is 12.8 Å². The first kappa shape index (κ1) is 25.1. The van der Waals surface area contributed by atoms with E-state index in [9.17, 15) is 38.8 Å². The zero-order valence-corrected chi connectivity index (χ0v) is 20.7. The summed E-state index contributed by atoms with van der Waals surface area (Å²) >= 11 is 0. The van der Waals surface area contributed by atoms with Crippen molar-refractivity contribution < 1.29 is 57.4 Å². The van der Waals surface area contributed by atoms with Gasteiger partial charge in [0.25, 0.3) is 0 Å². The summed E-state index contributed by atoms with van der Waals surface area (Å²) in [6, 6.07) is -3.82. The predicted octanol–water partition coefficient (Wildman–Crippen LogP) is -2.05. The molecule has 0 spiro atoms. The molecule has 0 aromatic rings. The number of nitrogens with zero attached hydrogens (tertiary/aromatic N) is 2. The number of aliphatic hydroxyl groups excluding tert-OH is 2. The van der Waals surface area contributed by atoms with E-state index in [1.54, 1.807) is 0 Å². The molecule has 1 saturated carbocycles. The number of rotatable bonds is 1. The zero-order chi connectivity index (χ0) is 26.7. The average Bonchev–Trinajstić information content (AvgIpc) is 3.38. The largest absolute Gasteiger partial charge is 0.472 e. The second-order valence-electron chi connectivity index (χ2n) is 10.5. The minimum atomic E-state index is -4.74. The van der Waals surface area contributed by atoms with E-state index in [1.807, 2.05) is 0 Å². The number of carbonyl (C=O) groups excluding carboxylic acids is 4. The van der Waals surface area contributed by atoms with Crippen LogP contribution in [0.15, 0.2) is 0 Å². The van der Waals surface area contributed by atoms with Crippen LogP contribution in [0.25, 0.3) is 0 Å². The first-order valence-electron chi connectivity index (χ1n) is 11.9. The van der Waals surface area contributed by atoms with Gasteiger partial charge in [0.2, 0.25) is 11.8 Å². The Morgan fingerprint density at radius 2 is 1.49 bits per heavy atom. The van der Waals surface area contributed by atoms with E-state index in [0.29, 0.717) is 0 Å². The molecule has 5 aliphatic heterocycles. The van der Waals surface area contributed by atoms with Crippen molar-refractivity contribution in [1.82, 2.24) is 20.4 Å². The second-order valence-corrected chi connectivity index (χ2v) is 11.9. The molecular formula is C20H27N4O12P. The molecule has 0 radical (unpaired) electrons. The highest BCUT2D eigenvalue weighted by Gasteiger charge is 2.82. The summed E-state index contributed by atoms with van der Waals surface area (Å²) in [6.07, 6.45) is -7.24. The minimum absolute atomic E-state index is 0.127. The molecule has 5 heterocycles. The summed E-state index contributed by atoms with van der Waals surface area (Å²) in [4.78, 5) is 65.5. The molecular weight excluding hydrogens is 521 g/mol. The van der Waals surface area contributed by atoms with Crippen LogP contribution in [0.4, 0.5) is 9.59 Å². The number of phosphoric acid groups is 1. The van der Waals surface area contributed by atoms with Crippen molar-refractivity contribution in [3.8, 4) is 0 Å². The summed E-state index contributed by atoms with van der Waals surface area (Å²) in [7, 11) is -4.74. The number of aliphatic hydroxyl groups is 2. The molecule has 5 N–H and O–H groups in total. The Balaban J connectivity index is 1.49. The quantitative estimate of drug-likeness (QED) is 0.177. The van der Waals surface area contributed by atoms with E-state index in [-0.39, 0.29) is 12.8 Å². The van der Waals surface area contributed by atoms with Crippen molar-refractivity contribution in [1.29, 1.82) is 0 Å². The molecule has 6 fully saturated rings. The highest BCUT2D eigenvalue weighted by Crippen LogP contribution is 2.64. The number of hydrogen-bond donors (Lipinski definition) is 5. The second kappa shape index (κ2) is 7.93. The highest BCUT2D eigenvalue weighted by atomic mass is 31.2. The standard InChI is InChI=1S/C20H27N4O12P/c1-19-13-14-20(19,2)16(28)22-18(30)24(14)12-4-8(9(5-25)34-12)36-37(31,32)33-6-10-7(26)3-11(35-10)23(13)17(29)21-15(19)27/h7-14,25-26H,3-6H2,1-2H3,(H,31,32)(H,21,27,29)(H,22,28,30)/t7-,8?,9+,10?,11+,12+,13+,14-,19-,20+/m0/s1/i1+1,2+1. The van der Waals surface area contributed by atoms with Crippen LogP contribution >= 0.6 is 7.82 Å². The minimum Gasteiger partial charge on any atom is -0.394 e. The number of amides is 6. The molecule has 204 valence electrons. The first-order valence-corrected chi connectivity index (χ1v) is 13.4. The van der Waals surface area contributed by atoms with E-state index in [0.717, 1.165) is 0 Å². The monoisotopic (exact) mass is 548 g/mol. The molecule has 6 aliphatic rings. The molecule has 5 saturated heterocycles. The van der Waals surface area contributed by atoms with Crippen molar-refractivity contribution in [2.75, 3.05) is 13.2 Å². The van der Waals surface area contributed by atoms with E-state index < -0.39 is 105 Å². The van der Waals surface area contributed by atoms with Gasteiger partial charge in [0.1, 0.15) is 30.8 Å². The summed E-state index contributed by atoms with van der Waals surface area (Å²) in [5.74, 6) is -1.42. The van der Waals surface area contributed by atoms with Crippen LogP contribution in [0.5, 0.6) is 0 Å². The number of urea groups is 2. The Kier molecular flexibility index (Phi) is 5.38. The SMILES string of the molecule is [13CH3][C@]12C(=O)NC(=O)N3[C@H]1[C@H]1N(C(=O)NC(=O)[C@]12[13CH3])[C@H]1C[C@H](O)C(COP(=O)(O)OC2C[C@H]3O[C@@H]2CO)O1. The molecule has 17 heteroatoms. The lowest BCUT2D eigenvalue weighted by Crippen LogP contribution is -2.92. The summed E-state index contributed by atoms with van der Waals surface area (Å²) < 4.78 is 34.6. The van der Waals surface area contributed by atoms with Crippen molar-refractivity contribution in [2.45, 2.75) is 75.6 Å². The molecule has 16 nitrogen and oxygen atoms in total. The third kappa shape index (κ3) is 3.18. The molecule has 0 aromatic carbocycles. The first-order chi connectivity index (χ1) is 17.3. The number of nitrogens with one attached hydrogen (secondary N) is 2. The molecule has 6 rings (SSSR count). The Morgan fingerprint density at radius 3 is 2.03 bits per heavy atom. The number of ether oxygens (including phenoxy) is 2. The Bertz CT molecular complexity index is 1140. The fourth-order valence-corrected chi connectivity index (χ4v) is 7.72.